The van der Waals surface area contributed by atoms with Crippen LogP contribution in [0.3, 0.4) is 0 Å². The van der Waals surface area contributed by atoms with E-state index in [0.29, 0.717) is 13.0 Å². The van der Waals surface area contributed by atoms with Crippen molar-refractivity contribution in [1.29, 1.82) is 0 Å². The number of hydrogen-bond donors (Lipinski definition) is 2. The number of anilines is 1. The SMILES string of the molecule is COc1ccc(OCCCC(=O)NNC(=O)CN2CCCc3ccccc32)cc1. The van der Waals surface area contributed by atoms with E-state index in [0.717, 1.165) is 36.6 Å². The van der Waals surface area contributed by atoms with Crippen molar-refractivity contribution in [3.8, 4) is 11.5 Å². The Hall–Kier alpha value is -3.22. The number of hydrazine groups is 1. The average Bonchev–Trinajstić information content (AvgIpc) is 2.76. The number of amides is 2. The minimum atomic E-state index is -0.240. The largest absolute Gasteiger partial charge is 0.497 e. The number of aryl methyl sites for hydroxylation is 1. The van der Waals surface area contributed by atoms with Crippen LogP contribution in [-0.4, -0.2) is 38.6 Å². The average molecular weight is 397 g/mol. The monoisotopic (exact) mass is 397 g/mol. The first-order chi connectivity index (χ1) is 14.2. The number of nitrogens with zero attached hydrogens (tertiary/aromatic N) is 1. The van der Waals surface area contributed by atoms with E-state index in [-0.39, 0.29) is 24.8 Å². The molecule has 7 heteroatoms. The van der Waals surface area contributed by atoms with Crippen molar-refractivity contribution in [2.75, 3.05) is 31.7 Å². The molecule has 0 atom stereocenters. The highest BCUT2D eigenvalue weighted by Gasteiger charge is 2.18. The molecular formula is C22H27N3O4. The lowest BCUT2D eigenvalue weighted by Gasteiger charge is -2.30. The predicted octanol–water partition coefficient (Wildman–Crippen LogP) is 2.45. The molecule has 0 aliphatic carbocycles. The molecule has 1 aliphatic heterocycles. The van der Waals surface area contributed by atoms with Crippen molar-refractivity contribution in [3.05, 3.63) is 54.1 Å². The van der Waals surface area contributed by atoms with Gasteiger partial charge in [0.1, 0.15) is 11.5 Å². The summed E-state index contributed by atoms with van der Waals surface area (Å²) in [7, 11) is 1.61. The van der Waals surface area contributed by atoms with Crippen molar-refractivity contribution >= 4 is 17.5 Å². The number of hydrogen-bond acceptors (Lipinski definition) is 5. The maximum absolute atomic E-state index is 12.2. The van der Waals surface area contributed by atoms with Gasteiger partial charge in [-0.05, 0) is 55.2 Å². The summed E-state index contributed by atoms with van der Waals surface area (Å²) in [5.41, 5.74) is 7.32. The van der Waals surface area contributed by atoms with Gasteiger partial charge in [-0.25, -0.2) is 0 Å². The lowest BCUT2D eigenvalue weighted by molar-refractivity contribution is -0.128. The molecule has 0 unspecified atom stereocenters. The highest BCUT2D eigenvalue weighted by molar-refractivity contribution is 5.85. The second-order valence-electron chi connectivity index (χ2n) is 6.88. The first kappa shape index (κ1) is 20.5. The molecule has 0 bridgehead atoms. The lowest BCUT2D eigenvalue weighted by Crippen LogP contribution is -2.47. The summed E-state index contributed by atoms with van der Waals surface area (Å²) in [4.78, 5) is 26.2. The van der Waals surface area contributed by atoms with Gasteiger partial charge in [0.25, 0.3) is 5.91 Å². The lowest BCUT2D eigenvalue weighted by atomic mass is 10.0. The number of rotatable bonds is 8. The van der Waals surface area contributed by atoms with Crippen LogP contribution in [0, 0.1) is 0 Å². The molecule has 2 N–H and O–H groups in total. The summed E-state index contributed by atoms with van der Waals surface area (Å²) in [6.07, 6.45) is 2.87. The molecule has 29 heavy (non-hydrogen) atoms. The number of fused-ring (bicyclic) bond motifs is 1. The number of benzene rings is 2. The highest BCUT2D eigenvalue weighted by Crippen LogP contribution is 2.26. The normalized spacial score (nSPS) is 12.7. The van der Waals surface area contributed by atoms with Gasteiger partial charge in [-0.1, -0.05) is 18.2 Å². The Bertz CT molecular complexity index is 823. The van der Waals surface area contributed by atoms with Crippen LogP contribution < -0.4 is 25.2 Å². The standard InChI is InChI=1S/C22H27N3O4/c1-28-18-10-12-19(13-11-18)29-15-5-9-21(26)23-24-22(27)16-25-14-4-7-17-6-2-3-8-20(17)25/h2-3,6,8,10-13H,4-5,7,9,14-16H2,1H3,(H,23,26)(H,24,27). The second kappa shape index (κ2) is 10.4. The molecule has 7 nitrogen and oxygen atoms in total. The van der Waals surface area contributed by atoms with Crippen molar-refractivity contribution in [2.45, 2.75) is 25.7 Å². The van der Waals surface area contributed by atoms with Gasteiger partial charge < -0.3 is 14.4 Å². The molecule has 2 aromatic rings. The van der Waals surface area contributed by atoms with E-state index in [1.807, 2.05) is 47.4 Å². The minimum Gasteiger partial charge on any atom is -0.497 e. The van der Waals surface area contributed by atoms with Gasteiger partial charge in [0, 0.05) is 18.7 Å². The van der Waals surface area contributed by atoms with Crippen LogP contribution in [0.15, 0.2) is 48.5 Å². The first-order valence-electron chi connectivity index (χ1n) is 9.83. The number of ether oxygens (including phenoxy) is 2. The fourth-order valence-corrected chi connectivity index (χ4v) is 3.29. The van der Waals surface area contributed by atoms with Crippen molar-refractivity contribution in [2.24, 2.45) is 0 Å². The minimum absolute atomic E-state index is 0.220. The molecule has 0 aromatic heterocycles. The first-order valence-corrected chi connectivity index (χ1v) is 9.83. The van der Waals surface area contributed by atoms with Crippen molar-refractivity contribution in [1.82, 2.24) is 10.9 Å². The Morgan fingerprint density at radius 2 is 1.72 bits per heavy atom. The number of carbonyl (C=O) groups is 2. The number of methoxy groups -OCH3 is 1. The Kier molecular flexibility index (Phi) is 7.33. The van der Waals surface area contributed by atoms with Crippen LogP contribution in [0.1, 0.15) is 24.8 Å². The Labute approximate surface area is 171 Å². The molecule has 0 saturated heterocycles. The Morgan fingerprint density at radius 1 is 1.00 bits per heavy atom. The summed E-state index contributed by atoms with van der Waals surface area (Å²) < 4.78 is 10.7. The third-order valence-corrected chi connectivity index (χ3v) is 4.76. The van der Waals surface area contributed by atoms with Gasteiger partial charge in [-0.2, -0.15) is 0 Å². The van der Waals surface area contributed by atoms with Gasteiger partial charge in [-0.3, -0.25) is 20.4 Å². The zero-order valence-electron chi connectivity index (χ0n) is 16.6. The van der Waals surface area contributed by atoms with Crippen LogP contribution in [0.2, 0.25) is 0 Å². The van der Waals surface area contributed by atoms with E-state index < -0.39 is 0 Å². The van der Waals surface area contributed by atoms with Crippen molar-refractivity contribution in [3.63, 3.8) is 0 Å². The summed E-state index contributed by atoms with van der Waals surface area (Å²) in [5.74, 6) is 1.02. The molecule has 1 heterocycles. The predicted molar refractivity (Wildman–Crippen MR) is 111 cm³/mol. The smallest absolute Gasteiger partial charge is 0.257 e. The molecule has 2 amide bonds. The zero-order valence-corrected chi connectivity index (χ0v) is 16.6. The summed E-state index contributed by atoms with van der Waals surface area (Å²) in [5, 5.41) is 0. The van der Waals surface area contributed by atoms with E-state index in [1.165, 1.54) is 5.56 Å². The maximum atomic E-state index is 12.2. The topological polar surface area (TPSA) is 79.9 Å². The van der Waals surface area contributed by atoms with Crippen LogP contribution >= 0.6 is 0 Å². The molecule has 2 aromatic carbocycles. The molecule has 3 rings (SSSR count). The van der Waals surface area contributed by atoms with E-state index in [1.54, 1.807) is 7.11 Å². The van der Waals surface area contributed by atoms with Crippen LogP contribution in [0.25, 0.3) is 0 Å². The van der Waals surface area contributed by atoms with Gasteiger partial charge >= 0.3 is 0 Å². The summed E-state index contributed by atoms with van der Waals surface area (Å²) in [6.45, 7) is 1.47. The molecule has 154 valence electrons. The number of carbonyl (C=O) groups excluding carboxylic acids is 2. The van der Waals surface area contributed by atoms with E-state index in [2.05, 4.69) is 16.9 Å². The van der Waals surface area contributed by atoms with E-state index >= 15 is 0 Å². The molecule has 0 fully saturated rings. The molecule has 1 aliphatic rings. The quantitative estimate of drug-likeness (QED) is 0.528. The number of para-hydroxylation sites is 1. The van der Waals surface area contributed by atoms with Crippen molar-refractivity contribution < 1.29 is 19.1 Å². The fourth-order valence-electron chi connectivity index (χ4n) is 3.29. The molecule has 0 spiro atoms. The zero-order chi connectivity index (χ0) is 20.5. The Balaban J connectivity index is 1.32. The second-order valence-corrected chi connectivity index (χ2v) is 6.88. The summed E-state index contributed by atoms with van der Waals surface area (Å²) in [6, 6.07) is 15.4. The fraction of sp³-hybridized carbons (Fsp3) is 0.364. The van der Waals surface area contributed by atoms with Gasteiger partial charge in [-0.15, -0.1) is 0 Å². The van der Waals surface area contributed by atoms with E-state index in [9.17, 15) is 9.59 Å². The van der Waals surface area contributed by atoms with Crippen LogP contribution in [-0.2, 0) is 16.0 Å². The molecule has 0 saturated carbocycles. The molecular weight excluding hydrogens is 370 g/mol. The maximum Gasteiger partial charge on any atom is 0.257 e. The van der Waals surface area contributed by atoms with Gasteiger partial charge in [0.05, 0.1) is 20.3 Å². The third kappa shape index (κ3) is 6.14. The Morgan fingerprint density at radius 3 is 2.52 bits per heavy atom. The third-order valence-electron chi connectivity index (χ3n) is 4.76. The highest BCUT2D eigenvalue weighted by atomic mass is 16.5. The van der Waals surface area contributed by atoms with Gasteiger partial charge in [0.2, 0.25) is 5.91 Å². The van der Waals surface area contributed by atoms with Crippen LogP contribution in [0.4, 0.5) is 5.69 Å². The van der Waals surface area contributed by atoms with Crippen LogP contribution in [0.5, 0.6) is 11.5 Å². The molecule has 0 radical (unpaired) electrons. The van der Waals surface area contributed by atoms with E-state index in [4.69, 9.17) is 9.47 Å². The number of nitrogens with one attached hydrogen (secondary N) is 2. The van der Waals surface area contributed by atoms with Gasteiger partial charge in [0.15, 0.2) is 0 Å². The summed E-state index contributed by atoms with van der Waals surface area (Å²) >= 11 is 0.